The third-order valence-electron chi connectivity index (χ3n) is 3.13. The van der Waals surface area contributed by atoms with E-state index in [2.05, 4.69) is 6.07 Å². The third-order valence-corrected chi connectivity index (χ3v) is 3.13. The molecule has 2 aromatic rings. The maximum atomic E-state index is 11.8. The average Bonchev–Trinajstić information content (AvgIpc) is 2.59. The number of esters is 1. The molecule has 0 N–H and O–H groups in total. The zero-order valence-corrected chi connectivity index (χ0v) is 12.9. The summed E-state index contributed by atoms with van der Waals surface area (Å²) in [6.45, 7) is 2.53. The van der Waals surface area contributed by atoms with Crippen LogP contribution in [0.5, 0.6) is 5.75 Å². The first-order chi connectivity index (χ1) is 11.2. The van der Waals surface area contributed by atoms with Gasteiger partial charge in [0, 0.05) is 17.2 Å². The molecular weight excluding hydrogens is 290 g/mol. The molecule has 0 aliphatic heterocycles. The lowest BCUT2D eigenvalue weighted by Crippen LogP contribution is -2.02. The monoisotopic (exact) mass is 307 g/mol. The molecule has 0 atom stereocenters. The first kappa shape index (κ1) is 16.3. The minimum atomic E-state index is -0.468. The highest BCUT2D eigenvalue weighted by Crippen LogP contribution is 2.19. The summed E-state index contributed by atoms with van der Waals surface area (Å²) in [6, 6.07) is 16.6. The van der Waals surface area contributed by atoms with Crippen LogP contribution in [0.1, 0.15) is 23.6 Å². The molecular formula is C19H17NO3. The summed E-state index contributed by atoms with van der Waals surface area (Å²) >= 11 is 0. The molecule has 0 amide bonds. The molecule has 0 aliphatic rings. The maximum Gasteiger partial charge on any atom is 0.331 e. The molecule has 4 heteroatoms. The second-order valence-corrected chi connectivity index (χ2v) is 4.68. The molecule has 0 bridgehead atoms. The Kier molecular flexibility index (Phi) is 5.96. The van der Waals surface area contributed by atoms with Gasteiger partial charge in [-0.2, -0.15) is 5.26 Å². The fourth-order valence-electron chi connectivity index (χ4n) is 2.02. The Morgan fingerprint density at radius 2 is 1.91 bits per heavy atom. The van der Waals surface area contributed by atoms with Crippen LogP contribution < -0.4 is 4.74 Å². The molecule has 0 saturated carbocycles. The van der Waals surface area contributed by atoms with Crippen molar-refractivity contribution in [2.75, 3.05) is 6.61 Å². The highest BCUT2D eigenvalue weighted by atomic mass is 16.5. The number of rotatable bonds is 6. The highest BCUT2D eigenvalue weighted by Gasteiger charge is 2.04. The first-order valence-corrected chi connectivity index (χ1v) is 7.29. The molecule has 2 aromatic carbocycles. The quantitative estimate of drug-likeness (QED) is 0.603. The van der Waals surface area contributed by atoms with Gasteiger partial charge in [-0.05, 0) is 25.1 Å². The lowest BCUT2D eigenvalue weighted by atomic mass is 10.1. The Balaban J connectivity index is 1.99. The van der Waals surface area contributed by atoms with Gasteiger partial charge in [-0.15, -0.1) is 0 Å². The summed E-state index contributed by atoms with van der Waals surface area (Å²) in [5.41, 5.74) is 2.00. The molecule has 23 heavy (non-hydrogen) atoms. The second-order valence-electron chi connectivity index (χ2n) is 4.68. The Bertz CT molecular complexity index is 744. The van der Waals surface area contributed by atoms with E-state index in [1.807, 2.05) is 31.2 Å². The largest absolute Gasteiger partial charge is 0.493 e. The van der Waals surface area contributed by atoms with E-state index in [0.29, 0.717) is 23.5 Å². The van der Waals surface area contributed by atoms with E-state index in [1.165, 1.54) is 6.08 Å². The van der Waals surface area contributed by atoms with Crippen LogP contribution in [-0.2, 0) is 16.1 Å². The molecule has 116 valence electrons. The SMILES string of the molecule is CCOc1ccccc1/C=C/C(=O)OCc1ccccc1C#N. The summed E-state index contributed by atoms with van der Waals surface area (Å²) in [4.78, 5) is 11.8. The van der Waals surface area contributed by atoms with E-state index in [9.17, 15) is 4.79 Å². The van der Waals surface area contributed by atoms with Crippen molar-refractivity contribution in [2.45, 2.75) is 13.5 Å². The Labute approximate surface area is 135 Å². The molecule has 2 rings (SSSR count). The number of nitrogens with zero attached hydrogens (tertiary/aromatic N) is 1. The van der Waals surface area contributed by atoms with Crippen LogP contribution in [-0.4, -0.2) is 12.6 Å². The van der Waals surface area contributed by atoms with Crippen molar-refractivity contribution in [1.82, 2.24) is 0 Å². The van der Waals surface area contributed by atoms with Gasteiger partial charge < -0.3 is 9.47 Å². The number of benzene rings is 2. The van der Waals surface area contributed by atoms with E-state index >= 15 is 0 Å². The molecule has 0 saturated heterocycles. The van der Waals surface area contributed by atoms with Gasteiger partial charge in [0.15, 0.2) is 0 Å². The second kappa shape index (κ2) is 8.40. The highest BCUT2D eigenvalue weighted by molar-refractivity contribution is 5.87. The van der Waals surface area contributed by atoms with Crippen molar-refractivity contribution in [3.63, 3.8) is 0 Å². The smallest absolute Gasteiger partial charge is 0.331 e. The number of carbonyl (C=O) groups is 1. The lowest BCUT2D eigenvalue weighted by molar-refractivity contribution is -0.138. The molecule has 0 heterocycles. The fraction of sp³-hybridized carbons (Fsp3) is 0.158. The standard InChI is InChI=1S/C19H17NO3/c1-2-22-18-10-6-5-7-15(18)11-12-19(21)23-14-17-9-4-3-8-16(17)13-20/h3-12H,2,14H2,1H3/b12-11+. The van der Waals surface area contributed by atoms with Crippen molar-refractivity contribution in [3.05, 3.63) is 71.3 Å². The number of nitriles is 1. The number of carbonyl (C=O) groups excluding carboxylic acids is 1. The average molecular weight is 307 g/mol. The summed E-state index contributed by atoms with van der Waals surface area (Å²) in [5.74, 6) is 0.248. The minimum absolute atomic E-state index is 0.0695. The van der Waals surface area contributed by atoms with Crippen LogP contribution in [0.25, 0.3) is 6.08 Å². The van der Waals surface area contributed by atoms with Crippen LogP contribution in [0.3, 0.4) is 0 Å². The van der Waals surface area contributed by atoms with E-state index in [0.717, 1.165) is 5.56 Å². The predicted molar refractivity (Wildman–Crippen MR) is 87.6 cm³/mol. The van der Waals surface area contributed by atoms with Gasteiger partial charge in [0.25, 0.3) is 0 Å². The number of ether oxygens (including phenoxy) is 2. The van der Waals surface area contributed by atoms with Gasteiger partial charge in [0.2, 0.25) is 0 Å². The molecule has 4 nitrogen and oxygen atoms in total. The van der Waals surface area contributed by atoms with Crippen LogP contribution in [0.15, 0.2) is 54.6 Å². The normalized spacial score (nSPS) is 10.3. The summed E-state index contributed by atoms with van der Waals surface area (Å²) < 4.78 is 10.7. The zero-order chi connectivity index (χ0) is 16.5. The molecule has 0 spiro atoms. The van der Waals surface area contributed by atoms with Gasteiger partial charge in [0.1, 0.15) is 12.4 Å². The third kappa shape index (κ3) is 4.72. The molecule has 0 fully saturated rings. The minimum Gasteiger partial charge on any atom is -0.493 e. The number of hydrogen-bond donors (Lipinski definition) is 0. The Hall–Kier alpha value is -3.06. The number of para-hydroxylation sites is 1. The van der Waals surface area contributed by atoms with E-state index in [-0.39, 0.29) is 6.61 Å². The van der Waals surface area contributed by atoms with Gasteiger partial charge in [-0.1, -0.05) is 36.4 Å². The Morgan fingerprint density at radius 3 is 2.70 bits per heavy atom. The summed E-state index contributed by atoms with van der Waals surface area (Å²) in [5, 5.41) is 9.00. The topological polar surface area (TPSA) is 59.3 Å². The van der Waals surface area contributed by atoms with Gasteiger partial charge in [-0.3, -0.25) is 0 Å². The molecule has 0 aliphatic carbocycles. The van der Waals surface area contributed by atoms with Gasteiger partial charge >= 0.3 is 5.97 Å². The predicted octanol–water partition coefficient (Wildman–Crippen LogP) is 3.71. The zero-order valence-electron chi connectivity index (χ0n) is 12.9. The Morgan fingerprint density at radius 1 is 1.17 bits per heavy atom. The van der Waals surface area contributed by atoms with Crippen LogP contribution in [0.2, 0.25) is 0 Å². The number of hydrogen-bond acceptors (Lipinski definition) is 4. The van der Waals surface area contributed by atoms with Crippen molar-refractivity contribution < 1.29 is 14.3 Å². The lowest BCUT2D eigenvalue weighted by Gasteiger charge is -2.06. The van der Waals surface area contributed by atoms with E-state index in [1.54, 1.807) is 30.3 Å². The van der Waals surface area contributed by atoms with Crippen LogP contribution >= 0.6 is 0 Å². The van der Waals surface area contributed by atoms with Crippen molar-refractivity contribution in [2.24, 2.45) is 0 Å². The van der Waals surface area contributed by atoms with E-state index < -0.39 is 5.97 Å². The van der Waals surface area contributed by atoms with Crippen molar-refractivity contribution >= 4 is 12.0 Å². The summed E-state index contributed by atoms with van der Waals surface area (Å²) in [7, 11) is 0. The van der Waals surface area contributed by atoms with Gasteiger partial charge in [0.05, 0.1) is 18.2 Å². The van der Waals surface area contributed by atoms with Crippen LogP contribution in [0, 0.1) is 11.3 Å². The fourth-order valence-corrected chi connectivity index (χ4v) is 2.02. The maximum absolute atomic E-state index is 11.8. The van der Waals surface area contributed by atoms with Crippen LogP contribution in [0.4, 0.5) is 0 Å². The van der Waals surface area contributed by atoms with Crippen molar-refractivity contribution in [3.8, 4) is 11.8 Å². The van der Waals surface area contributed by atoms with Gasteiger partial charge in [-0.25, -0.2) is 4.79 Å². The molecule has 0 unspecified atom stereocenters. The molecule has 0 aromatic heterocycles. The summed E-state index contributed by atoms with van der Waals surface area (Å²) in [6.07, 6.45) is 3.01. The molecule has 0 radical (unpaired) electrons. The van der Waals surface area contributed by atoms with Crippen molar-refractivity contribution in [1.29, 1.82) is 5.26 Å². The first-order valence-electron chi connectivity index (χ1n) is 7.29. The van der Waals surface area contributed by atoms with E-state index in [4.69, 9.17) is 14.7 Å².